The number of hydrogen-bond donors (Lipinski definition) is 0. The molecule has 280 valence electrons. The molecule has 0 saturated carbocycles. The molecule has 1 aliphatic heterocycles. The monoisotopic (exact) mass is 753 g/mol. The van der Waals surface area contributed by atoms with E-state index in [4.69, 9.17) is 4.99 Å². The van der Waals surface area contributed by atoms with E-state index in [-0.39, 0.29) is 5.41 Å². The van der Waals surface area contributed by atoms with Crippen LogP contribution in [0.3, 0.4) is 0 Å². The van der Waals surface area contributed by atoms with Crippen molar-refractivity contribution in [1.29, 1.82) is 0 Å². The summed E-state index contributed by atoms with van der Waals surface area (Å²) in [5, 5.41) is 0. The summed E-state index contributed by atoms with van der Waals surface area (Å²) in [7, 11) is 0. The van der Waals surface area contributed by atoms with Gasteiger partial charge in [0.1, 0.15) is 0 Å². The van der Waals surface area contributed by atoms with Gasteiger partial charge >= 0.3 is 0 Å². The van der Waals surface area contributed by atoms with Crippen LogP contribution in [0.25, 0.3) is 44.7 Å². The van der Waals surface area contributed by atoms with Gasteiger partial charge in [0.2, 0.25) is 0 Å². The van der Waals surface area contributed by atoms with Gasteiger partial charge in [-0.15, -0.1) is 0 Å². The van der Waals surface area contributed by atoms with Gasteiger partial charge in [-0.2, -0.15) is 0 Å². The molecule has 8 aromatic rings. The van der Waals surface area contributed by atoms with Crippen molar-refractivity contribution in [2.75, 3.05) is 0 Å². The Balaban J connectivity index is 1.22. The third-order valence-electron chi connectivity index (χ3n) is 13.0. The summed E-state index contributed by atoms with van der Waals surface area (Å²) in [6, 6.07) is 73.7. The van der Waals surface area contributed by atoms with Crippen LogP contribution in [0.4, 0.5) is 0 Å². The molecule has 0 amide bonds. The van der Waals surface area contributed by atoms with Gasteiger partial charge in [-0.05, 0) is 108 Å². The van der Waals surface area contributed by atoms with E-state index in [0.717, 1.165) is 29.0 Å². The molecule has 0 radical (unpaired) electrons. The summed E-state index contributed by atoms with van der Waals surface area (Å²) in [5.41, 5.74) is 21.4. The first-order chi connectivity index (χ1) is 29.0. The third-order valence-corrected chi connectivity index (χ3v) is 13.0. The minimum Gasteiger partial charge on any atom is -0.248 e. The molecule has 0 N–H and O–H groups in total. The Hall–Kier alpha value is -7.09. The fourth-order valence-corrected chi connectivity index (χ4v) is 10.3. The SMILES string of the molecule is CC1(C)c2ccccc2C2(c3ccc(-c4cccc(-c5ccccc5)c4)cc3-c3c(C4=NC(c5ccccc5)=CCC(c5ccccc5)=C4)cccc32)c2ccccc21. The van der Waals surface area contributed by atoms with E-state index < -0.39 is 5.41 Å². The quantitative estimate of drug-likeness (QED) is 0.166. The molecule has 1 spiro atoms. The predicted molar refractivity (Wildman–Crippen MR) is 247 cm³/mol. The zero-order chi connectivity index (χ0) is 39.6. The van der Waals surface area contributed by atoms with Crippen LogP contribution in [0, 0.1) is 0 Å². The van der Waals surface area contributed by atoms with Crippen LogP contribution >= 0.6 is 0 Å². The van der Waals surface area contributed by atoms with Crippen molar-refractivity contribution in [3.63, 3.8) is 0 Å². The summed E-state index contributed by atoms with van der Waals surface area (Å²) < 4.78 is 0. The number of nitrogens with zero attached hydrogens (tertiary/aromatic N) is 1. The molecule has 0 aromatic heterocycles. The summed E-state index contributed by atoms with van der Waals surface area (Å²) in [4.78, 5) is 5.61. The van der Waals surface area contributed by atoms with E-state index in [1.54, 1.807) is 0 Å². The van der Waals surface area contributed by atoms with Gasteiger partial charge in [-0.1, -0.05) is 208 Å². The van der Waals surface area contributed by atoms with E-state index >= 15 is 0 Å². The Morgan fingerprint density at radius 3 is 1.56 bits per heavy atom. The molecule has 1 heterocycles. The van der Waals surface area contributed by atoms with Crippen LogP contribution in [-0.2, 0) is 10.8 Å². The van der Waals surface area contributed by atoms with Gasteiger partial charge < -0.3 is 0 Å². The fourth-order valence-electron chi connectivity index (χ4n) is 10.3. The van der Waals surface area contributed by atoms with Crippen molar-refractivity contribution in [3.05, 3.63) is 262 Å². The molecule has 0 saturated heterocycles. The van der Waals surface area contributed by atoms with E-state index in [1.165, 1.54) is 77.9 Å². The zero-order valence-electron chi connectivity index (χ0n) is 33.4. The topological polar surface area (TPSA) is 12.4 Å². The van der Waals surface area contributed by atoms with Crippen molar-refractivity contribution < 1.29 is 0 Å². The Morgan fingerprint density at radius 1 is 0.390 bits per heavy atom. The van der Waals surface area contributed by atoms with E-state index in [2.05, 4.69) is 226 Å². The van der Waals surface area contributed by atoms with E-state index in [1.807, 2.05) is 0 Å². The van der Waals surface area contributed by atoms with Crippen LogP contribution in [0.2, 0.25) is 0 Å². The average Bonchev–Trinajstić information content (AvgIpc) is 3.41. The van der Waals surface area contributed by atoms with Crippen molar-refractivity contribution in [2.45, 2.75) is 31.1 Å². The zero-order valence-corrected chi connectivity index (χ0v) is 33.4. The highest BCUT2D eigenvalue weighted by Crippen LogP contribution is 2.63. The number of fused-ring (bicyclic) bond motifs is 9. The number of rotatable bonds is 5. The molecule has 0 unspecified atom stereocenters. The highest BCUT2D eigenvalue weighted by molar-refractivity contribution is 6.19. The molecule has 1 nitrogen and oxygen atoms in total. The van der Waals surface area contributed by atoms with E-state index in [0.29, 0.717) is 0 Å². The lowest BCUT2D eigenvalue weighted by atomic mass is 9.55. The second-order valence-corrected chi connectivity index (χ2v) is 16.6. The normalized spacial score (nSPS) is 15.5. The number of aliphatic imine (C=N–C) groups is 1. The van der Waals surface area contributed by atoms with Crippen LogP contribution < -0.4 is 0 Å². The van der Waals surface area contributed by atoms with Crippen LogP contribution in [0.5, 0.6) is 0 Å². The summed E-state index contributed by atoms with van der Waals surface area (Å²) in [6.45, 7) is 4.78. The summed E-state index contributed by atoms with van der Waals surface area (Å²) in [6.07, 6.45) is 5.43. The minimum atomic E-state index is -0.525. The largest absolute Gasteiger partial charge is 0.248 e. The molecule has 0 fully saturated rings. The third kappa shape index (κ3) is 5.49. The van der Waals surface area contributed by atoms with Gasteiger partial charge in [0.15, 0.2) is 0 Å². The first-order valence-corrected chi connectivity index (χ1v) is 20.8. The molecule has 0 atom stereocenters. The lowest BCUT2D eigenvalue weighted by Gasteiger charge is -2.46. The van der Waals surface area contributed by atoms with Gasteiger partial charge in [-0.25, -0.2) is 4.99 Å². The molecular weight excluding hydrogens is 711 g/mol. The van der Waals surface area contributed by atoms with Crippen molar-refractivity contribution >= 4 is 17.0 Å². The number of hydrogen-bond acceptors (Lipinski definition) is 1. The maximum absolute atomic E-state index is 5.61. The summed E-state index contributed by atoms with van der Waals surface area (Å²) in [5.74, 6) is 0. The molecule has 11 rings (SSSR count). The van der Waals surface area contributed by atoms with Gasteiger partial charge in [-0.3, -0.25) is 0 Å². The molecule has 2 aliphatic carbocycles. The minimum absolute atomic E-state index is 0.176. The fraction of sp³-hybridized carbons (Fsp3) is 0.0862. The highest BCUT2D eigenvalue weighted by atomic mass is 14.8. The summed E-state index contributed by atoms with van der Waals surface area (Å²) >= 11 is 0. The lowest BCUT2D eigenvalue weighted by Crippen LogP contribution is -2.40. The standard InChI is InChI=1S/C58H43N/c1-57(2)49-27-12-14-29-51(49)58(52-30-15-13-28-50(52)57)48-34-32-44(43-25-16-24-42(36-43)39-18-6-3-7-19-39)37-47(48)56-46(26-17-31-53(56)58)55-38-45(40-20-8-4-9-21-40)33-35-54(59-55)41-22-10-5-11-23-41/h3-32,34-38H,33H2,1-2H3. The van der Waals surface area contributed by atoms with Crippen LogP contribution in [0.15, 0.2) is 217 Å². The smallest absolute Gasteiger partial charge is 0.0719 e. The molecule has 1 heteroatoms. The first-order valence-electron chi connectivity index (χ1n) is 20.8. The Bertz CT molecular complexity index is 2970. The maximum atomic E-state index is 5.61. The van der Waals surface area contributed by atoms with Crippen LogP contribution in [0.1, 0.15) is 70.3 Å². The molecular formula is C58H43N. The highest BCUT2D eigenvalue weighted by Gasteiger charge is 2.53. The van der Waals surface area contributed by atoms with Crippen molar-refractivity contribution in [2.24, 2.45) is 4.99 Å². The van der Waals surface area contributed by atoms with Gasteiger partial charge in [0.25, 0.3) is 0 Å². The van der Waals surface area contributed by atoms with Gasteiger partial charge in [0, 0.05) is 11.0 Å². The molecule has 8 aromatic carbocycles. The second kappa shape index (κ2) is 13.8. The molecule has 0 bridgehead atoms. The maximum Gasteiger partial charge on any atom is 0.0719 e. The molecule has 3 aliphatic rings. The number of allylic oxidation sites excluding steroid dienone is 3. The first kappa shape index (κ1) is 35.1. The second-order valence-electron chi connectivity index (χ2n) is 16.6. The predicted octanol–water partition coefficient (Wildman–Crippen LogP) is 14.3. The average molecular weight is 754 g/mol. The Kier molecular flexibility index (Phi) is 8.20. The Morgan fingerprint density at radius 2 is 0.898 bits per heavy atom. The van der Waals surface area contributed by atoms with Crippen molar-refractivity contribution in [3.8, 4) is 33.4 Å². The van der Waals surface area contributed by atoms with Gasteiger partial charge in [0.05, 0.1) is 16.8 Å². The number of benzene rings is 8. The van der Waals surface area contributed by atoms with E-state index in [9.17, 15) is 0 Å². The van der Waals surface area contributed by atoms with Crippen molar-refractivity contribution in [1.82, 2.24) is 0 Å². The molecule has 59 heavy (non-hydrogen) atoms. The van der Waals surface area contributed by atoms with Crippen LogP contribution in [-0.4, -0.2) is 5.71 Å². The lowest BCUT2D eigenvalue weighted by molar-refractivity contribution is 0.563. The Labute approximate surface area is 347 Å².